The molecule has 1 atom stereocenters. The molecule has 1 N–H and O–H groups in total. The van der Waals surface area contributed by atoms with E-state index in [1.54, 1.807) is 5.54 Å². The fourth-order valence-electron chi connectivity index (χ4n) is 1.29. The molecule has 0 aromatic rings. The van der Waals surface area contributed by atoms with E-state index >= 15 is 0 Å². The van der Waals surface area contributed by atoms with Gasteiger partial charge < -0.3 is 5.32 Å². The summed E-state index contributed by atoms with van der Waals surface area (Å²) >= 11 is 5.41. The van der Waals surface area contributed by atoms with Gasteiger partial charge in [-0.2, -0.15) is 0 Å². The molecule has 0 aromatic carbocycles. The largest absolute Gasteiger partial charge is 0.311 e. The highest BCUT2D eigenvalue weighted by Crippen LogP contribution is 2.04. The zero-order chi connectivity index (χ0) is 9.94. The Morgan fingerprint density at radius 1 is 1.31 bits per heavy atom. The van der Waals surface area contributed by atoms with Gasteiger partial charge in [0.1, 0.15) is 0 Å². The van der Waals surface area contributed by atoms with Gasteiger partial charge in [0.15, 0.2) is 0 Å². The van der Waals surface area contributed by atoms with E-state index in [9.17, 15) is 0 Å². The molecule has 0 aliphatic heterocycles. The van der Waals surface area contributed by atoms with Crippen LogP contribution in [0.4, 0.5) is 0 Å². The number of rotatable bonds is 8. The maximum atomic E-state index is 5.41. The van der Waals surface area contributed by atoms with Crippen LogP contribution in [0, 0.1) is 0 Å². The highest BCUT2D eigenvalue weighted by Gasteiger charge is 1.98. The van der Waals surface area contributed by atoms with Crippen molar-refractivity contribution in [3.63, 3.8) is 0 Å². The van der Waals surface area contributed by atoms with Crippen molar-refractivity contribution >= 4 is 11.6 Å². The van der Waals surface area contributed by atoms with Crippen LogP contribution in [-0.4, -0.2) is 12.6 Å². The average molecular weight is 204 g/mol. The van der Waals surface area contributed by atoms with Crippen LogP contribution < -0.4 is 5.32 Å². The summed E-state index contributed by atoms with van der Waals surface area (Å²) in [5, 5.41) is 3.39. The van der Waals surface area contributed by atoms with Crippen LogP contribution in [-0.2, 0) is 0 Å². The molecule has 0 fully saturated rings. The third kappa shape index (κ3) is 9.91. The molecule has 0 saturated carbocycles. The molecule has 78 valence electrons. The first-order chi connectivity index (χ1) is 6.31. The summed E-state index contributed by atoms with van der Waals surface area (Å²) in [5.41, 5.74) is 1.57. The molecule has 0 bridgehead atoms. The van der Waals surface area contributed by atoms with E-state index in [0.29, 0.717) is 6.04 Å². The van der Waals surface area contributed by atoms with Gasteiger partial charge in [0.25, 0.3) is 0 Å². The first-order valence-electron chi connectivity index (χ1n) is 5.29. The fourth-order valence-corrected chi connectivity index (χ4v) is 1.38. The van der Waals surface area contributed by atoms with Crippen LogP contribution in [0.1, 0.15) is 46.0 Å². The minimum absolute atomic E-state index is 0.615. The molecule has 0 spiro atoms. The summed E-state index contributed by atoms with van der Waals surface area (Å²) in [4.78, 5) is 0. The van der Waals surface area contributed by atoms with Crippen molar-refractivity contribution in [1.82, 2.24) is 5.32 Å². The molecule has 1 unspecified atom stereocenters. The number of hydrogen-bond donors (Lipinski definition) is 1. The van der Waals surface area contributed by atoms with Gasteiger partial charge in [0.2, 0.25) is 0 Å². The van der Waals surface area contributed by atoms with Crippen LogP contribution in [0.2, 0.25) is 0 Å². The third-order valence-corrected chi connectivity index (χ3v) is 2.34. The van der Waals surface area contributed by atoms with E-state index in [1.165, 1.54) is 32.1 Å². The molecule has 0 radical (unpaired) electrons. The van der Waals surface area contributed by atoms with E-state index < -0.39 is 0 Å². The summed E-state index contributed by atoms with van der Waals surface area (Å²) in [7, 11) is 0. The molecular weight excluding hydrogens is 182 g/mol. The maximum Gasteiger partial charge on any atom is 0.0148 e. The Labute approximate surface area is 87.6 Å². The molecule has 2 heteroatoms. The van der Waals surface area contributed by atoms with Gasteiger partial charge in [-0.1, -0.05) is 50.3 Å². The smallest absolute Gasteiger partial charge is 0.0148 e. The molecule has 0 rings (SSSR count). The normalized spacial score (nSPS) is 13.8. The Kier molecular flexibility index (Phi) is 10.1. The predicted octanol–water partition coefficient (Wildman–Crippen LogP) is 3.69. The van der Waals surface area contributed by atoms with Gasteiger partial charge in [-0.25, -0.2) is 0 Å². The second-order valence-corrected chi connectivity index (χ2v) is 3.77. The summed E-state index contributed by atoms with van der Waals surface area (Å²) in [5.74, 6) is 0. The SMILES string of the molecule is CCCCCCC(C)NC/C=C/Cl. The highest BCUT2D eigenvalue weighted by molar-refractivity contribution is 6.25. The van der Waals surface area contributed by atoms with E-state index in [4.69, 9.17) is 11.6 Å². The lowest BCUT2D eigenvalue weighted by molar-refractivity contribution is 0.503. The Hall–Kier alpha value is -0.0100. The summed E-state index contributed by atoms with van der Waals surface area (Å²) in [6, 6.07) is 0.615. The molecule has 0 amide bonds. The highest BCUT2D eigenvalue weighted by atomic mass is 35.5. The zero-order valence-corrected chi connectivity index (χ0v) is 9.61. The predicted molar refractivity (Wildman–Crippen MR) is 61.2 cm³/mol. The Morgan fingerprint density at radius 3 is 2.69 bits per heavy atom. The van der Waals surface area contributed by atoms with Gasteiger partial charge in [-0.15, -0.1) is 0 Å². The van der Waals surface area contributed by atoms with Gasteiger partial charge in [0, 0.05) is 18.1 Å². The van der Waals surface area contributed by atoms with Crippen LogP contribution >= 0.6 is 11.6 Å². The third-order valence-electron chi connectivity index (χ3n) is 2.16. The van der Waals surface area contributed by atoms with Gasteiger partial charge >= 0.3 is 0 Å². The van der Waals surface area contributed by atoms with Crippen molar-refractivity contribution in [3.8, 4) is 0 Å². The van der Waals surface area contributed by atoms with Crippen molar-refractivity contribution in [3.05, 3.63) is 11.6 Å². The summed E-state index contributed by atoms with van der Waals surface area (Å²) in [6.45, 7) is 5.36. The van der Waals surface area contributed by atoms with Crippen LogP contribution in [0.5, 0.6) is 0 Å². The van der Waals surface area contributed by atoms with E-state index in [0.717, 1.165) is 6.54 Å². The summed E-state index contributed by atoms with van der Waals surface area (Å²) < 4.78 is 0. The maximum absolute atomic E-state index is 5.41. The van der Waals surface area contributed by atoms with Crippen LogP contribution in [0.25, 0.3) is 0 Å². The van der Waals surface area contributed by atoms with Crippen molar-refractivity contribution < 1.29 is 0 Å². The minimum atomic E-state index is 0.615. The van der Waals surface area contributed by atoms with E-state index in [1.807, 2.05) is 6.08 Å². The van der Waals surface area contributed by atoms with Crippen LogP contribution in [0.15, 0.2) is 11.6 Å². The number of halogens is 1. The summed E-state index contributed by atoms with van der Waals surface area (Å²) in [6.07, 6.45) is 8.60. The van der Waals surface area contributed by atoms with Crippen LogP contribution in [0.3, 0.4) is 0 Å². The molecule has 13 heavy (non-hydrogen) atoms. The molecule has 0 aliphatic rings. The van der Waals surface area contributed by atoms with Crippen molar-refractivity contribution in [2.75, 3.05) is 6.54 Å². The first kappa shape index (κ1) is 13.0. The lowest BCUT2D eigenvalue weighted by Crippen LogP contribution is -2.25. The topological polar surface area (TPSA) is 12.0 Å². The molecule has 0 aliphatic carbocycles. The molecule has 0 saturated heterocycles. The monoisotopic (exact) mass is 203 g/mol. The quantitative estimate of drug-likeness (QED) is 0.594. The molecular formula is C11H22ClN. The Morgan fingerprint density at radius 2 is 2.08 bits per heavy atom. The standard InChI is InChI=1S/C11H22ClN/c1-3-4-5-6-8-11(2)13-10-7-9-12/h7,9,11,13H,3-6,8,10H2,1-2H3/b9-7+. The fraction of sp³-hybridized carbons (Fsp3) is 0.818. The van der Waals surface area contributed by atoms with Gasteiger partial charge in [-0.3, -0.25) is 0 Å². The molecule has 0 heterocycles. The van der Waals surface area contributed by atoms with Crippen molar-refractivity contribution in [2.24, 2.45) is 0 Å². The molecule has 1 nitrogen and oxygen atoms in total. The Bertz CT molecular complexity index is 123. The number of unbranched alkanes of at least 4 members (excludes halogenated alkanes) is 3. The van der Waals surface area contributed by atoms with Crippen molar-refractivity contribution in [1.29, 1.82) is 0 Å². The van der Waals surface area contributed by atoms with Gasteiger partial charge in [0.05, 0.1) is 0 Å². The number of hydrogen-bond acceptors (Lipinski definition) is 1. The lowest BCUT2D eigenvalue weighted by Gasteiger charge is -2.11. The average Bonchev–Trinajstić information content (AvgIpc) is 2.13. The van der Waals surface area contributed by atoms with E-state index in [-0.39, 0.29) is 0 Å². The first-order valence-corrected chi connectivity index (χ1v) is 5.73. The lowest BCUT2D eigenvalue weighted by atomic mass is 10.1. The van der Waals surface area contributed by atoms with Gasteiger partial charge in [-0.05, 0) is 13.3 Å². The van der Waals surface area contributed by atoms with Crippen molar-refractivity contribution in [2.45, 2.75) is 52.0 Å². The molecule has 0 aromatic heterocycles. The Balaban J connectivity index is 3.14. The minimum Gasteiger partial charge on any atom is -0.311 e. The second kappa shape index (κ2) is 10.1. The zero-order valence-electron chi connectivity index (χ0n) is 8.85. The van der Waals surface area contributed by atoms with E-state index in [2.05, 4.69) is 19.2 Å². The second-order valence-electron chi connectivity index (χ2n) is 3.52. The number of nitrogens with one attached hydrogen (secondary N) is 1.